The molecule has 0 N–H and O–H groups in total. The second-order valence-corrected chi connectivity index (χ2v) is 22.1. The Kier molecular flexibility index (Phi) is 15.4. The van der Waals surface area contributed by atoms with Crippen LogP contribution in [-0.2, 0) is 25.8 Å². The van der Waals surface area contributed by atoms with E-state index in [0.717, 1.165) is 96.6 Å². The van der Waals surface area contributed by atoms with E-state index in [2.05, 4.69) is 10.2 Å². The molecule has 2 aliphatic carbocycles. The van der Waals surface area contributed by atoms with Gasteiger partial charge >= 0.3 is 11.1 Å². The average molecular weight is 1030 g/mol. The molecule has 2 saturated carbocycles. The molecule has 0 spiro atoms. The van der Waals surface area contributed by atoms with Crippen LogP contribution in [0.4, 0.5) is 28.9 Å². The lowest BCUT2D eigenvalue weighted by Crippen LogP contribution is -2.49. The number of alkyl halides is 1. The van der Waals surface area contributed by atoms with Crippen LogP contribution in [0.5, 0.6) is 11.5 Å². The number of sulfonamides is 2. The van der Waals surface area contributed by atoms with Gasteiger partial charge in [0.15, 0.2) is 0 Å². The highest BCUT2D eigenvalue weighted by molar-refractivity contribution is 7.90. The monoisotopic (exact) mass is 1020 g/mol. The fourth-order valence-corrected chi connectivity index (χ4v) is 12.3. The maximum absolute atomic E-state index is 13.8. The average Bonchev–Trinajstić information content (AvgIpc) is 4.14. The van der Waals surface area contributed by atoms with Gasteiger partial charge in [0.05, 0.1) is 41.7 Å². The zero-order valence-electron chi connectivity index (χ0n) is 36.7. The van der Waals surface area contributed by atoms with Crippen molar-refractivity contribution in [2.75, 3.05) is 67.4 Å². The summed E-state index contributed by atoms with van der Waals surface area (Å²) in [6, 6.07) is 7.36. The SMILES string of the molecule is O=c1c(OC2CCCC2)c(N2CCN(S(=O)(=O)CCl)CC2)cnn1-c1cc(F)cc(F)c1.O=c1c(OC2CCCC2)c(N2CCN(S(=O)(=O)Cc3ccsc3)CC2)cnn1-c1cc(F)cc(F)c1. The number of rotatable bonds is 13. The van der Waals surface area contributed by atoms with Gasteiger partial charge in [0, 0.05) is 64.5 Å². The fraction of sp³-hybridized carbons (Fsp3) is 0.455. The summed E-state index contributed by atoms with van der Waals surface area (Å²) in [5.41, 5.74) is 0.314. The molecule has 5 heterocycles. The minimum absolute atomic E-state index is 0.0373. The summed E-state index contributed by atoms with van der Waals surface area (Å²) in [7, 11) is -7.00. The molecule has 0 amide bonds. The van der Waals surface area contributed by atoms with Crippen molar-refractivity contribution in [3.05, 3.63) is 115 Å². The minimum atomic E-state index is -3.53. The lowest BCUT2D eigenvalue weighted by Gasteiger charge is -2.36. The fourth-order valence-electron chi connectivity index (χ4n) is 8.73. The number of halogens is 5. The Morgan fingerprint density at radius 1 is 0.603 bits per heavy atom. The molecule has 4 aliphatic rings. The molecule has 0 atom stereocenters. The van der Waals surface area contributed by atoms with E-state index >= 15 is 0 Å². The van der Waals surface area contributed by atoms with Gasteiger partial charge in [-0.25, -0.2) is 34.4 Å². The third-order valence-corrected chi connectivity index (χ3v) is 17.0. The van der Waals surface area contributed by atoms with Crippen molar-refractivity contribution in [3.8, 4) is 22.9 Å². The van der Waals surface area contributed by atoms with Gasteiger partial charge in [-0.1, -0.05) is 0 Å². The molecule has 3 aromatic heterocycles. The van der Waals surface area contributed by atoms with Crippen LogP contribution in [0.15, 0.2) is 75.2 Å². The molecule has 16 nitrogen and oxygen atoms in total. The van der Waals surface area contributed by atoms with Gasteiger partial charge in [0.25, 0.3) is 0 Å². The second kappa shape index (κ2) is 21.3. The zero-order chi connectivity index (χ0) is 48.2. The predicted octanol–water partition coefficient (Wildman–Crippen LogP) is 6.03. The van der Waals surface area contributed by atoms with Crippen LogP contribution >= 0.6 is 22.9 Å². The summed E-state index contributed by atoms with van der Waals surface area (Å²) >= 11 is 7.00. The molecule has 366 valence electrons. The molecule has 2 saturated heterocycles. The van der Waals surface area contributed by atoms with Crippen molar-refractivity contribution < 1.29 is 43.9 Å². The molecule has 5 aromatic rings. The molecular weight excluding hydrogens is 976 g/mol. The number of nitrogens with zero attached hydrogens (tertiary/aromatic N) is 8. The summed E-state index contributed by atoms with van der Waals surface area (Å²) in [4.78, 5) is 30.4. The first-order valence-electron chi connectivity index (χ1n) is 22.1. The molecule has 0 bridgehead atoms. The van der Waals surface area contributed by atoms with Crippen LogP contribution in [-0.4, -0.2) is 115 Å². The summed E-state index contributed by atoms with van der Waals surface area (Å²) in [5.74, 6) is -3.22. The molecule has 2 aromatic carbocycles. The molecule has 0 radical (unpaired) electrons. The van der Waals surface area contributed by atoms with Crippen LogP contribution in [0, 0.1) is 23.3 Å². The Morgan fingerprint density at radius 3 is 1.37 bits per heavy atom. The quantitative estimate of drug-likeness (QED) is 0.0995. The summed E-state index contributed by atoms with van der Waals surface area (Å²) < 4.78 is 122. The lowest BCUT2D eigenvalue weighted by atomic mass is 10.2. The van der Waals surface area contributed by atoms with Gasteiger partial charge in [-0.3, -0.25) is 9.59 Å². The first kappa shape index (κ1) is 49.4. The van der Waals surface area contributed by atoms with Crippen molar-refractivity contribution in [1.29, 1.82) is 0 Å². The number of anilines is 2. The number of hydrogen-bond acceptors (Lipinski definition) is 13. The van der Waals surface area contributed by atoms with Crippen molar-refractivity contribution in [2.24, 2.45) is 0 Å². The maximum Gasteiger partial charge on any atom is 0.316 e. The Labute approximate surface area is 399 Å². The van der Waals surface area contributed by atoms with Crippen LogP contribution in [0.25, 0.3) is 11.4 Å². The predicted molar refractivity (Wildman–Crippen MR) is 249 cm³/mol. The number of hydrogen-bond donors (Lipinski definition) is 0. The van der Waals surface area contributed by atoms with Gasteiger partial charge in [-0.2, -0.15) is 39.5 Å². The van der Waals surface area contributed by atoms with Crippen LogP contribution < -0.4 is 30.4 Å². The molecule has 68 heavy (non-hydrogen) atoms. The van der Waals surface area contributed by atoms with E-state index in [9.17, 15) is 44.0 Å². The molecule has 24 heteroatoms. The highest BCUT2D eigenvalue weighted by Crippen LogP contribution is 2.33. The number of benzene rings is 2. The normalized spacial score (nSPS) is 17.9. The van der Waals surface area contributed by atoms with Gasteiger partial charge in [-0.15, -0.1) is 11.6 Å². The topological polar surface area (TPSA) is 169 Å². The van der Waals surface area contributed by atoms with Gasteiger partial charge in [0.2, 0.25) is 31.5 Å². The standard InChI is InChI=1S/C24H26F2N4O4S2.C20H23ClF2N4O4S/c25-18-11-19(26)13-20(12-18)30-24(31)23(34-21-3-1-2-4-21)22(14-27-30)28-6-8-29(9-7-28)36(32,33)16-17-5-10-35-15-17;21-13-32(29,30)26-7-5-25(6-8-26)18-12-24-27(16-10-14(22)9-15(23)11-16)20(28)19(18)31-17-3-1-2-4-17/h5,10-15,21H,1-4,6-9,16H2;9-12,17H,1-8,13H2. The molecule has 4 fully saturated rings. The van der Waals surface area contributed by atoms with E-state index in [0.29, 0.717) is 43.6 Å². The highest BCUT2D eigenvalue weighted by atomic mass is 35.5. The summed E-state index contributed by atoms with van der Waals surface area (Å²) in [6.45, 7) is 2.26. The largest absolute Gasteiger partial charge is 0.483 e. The van der Waals surface area contributed by atoms with Crippen molar-refractivity contribution in [2.45, 2.75) is 69.3 Å². The van der Waals surface area contributed by atoms with E-state index in [-0.39, 0.29) is 67.0 Å². The minimum Gasteiger partial charge on any atom is -0.483 e. The van der Waals surface area contributed by atoms with Crippen molar-refractivity contribution in [1.82, 2.24) is 28.2 Å². The maximum atomic E-state index is 13.8. The first-order valence-corrected chi connectivity index (χ1v) is 26.8. The lowest BCUT2D eigenvalue weighted by molar-refractivity contribution is 0.205. The van der Waals surface area contributed by atoms with E-state index in [4.69, 9.17) is 21.1 Å². The Bertz CT molecular complexity index is 2880. The van der Waals surface area contributed by atoms with E-state index < -0.39 is 59.6 Å². The third-order valence-electron chi connectivity index (χ3n) is 12.2. The van der Waals surface area contributed by atoms with E-state index in [1.807, 2.05) is 20.6 Å². The third kappa shape index (κ3) is 11.5. The summed E-state index contributed by atoms with van der Waals surface area (Å²) in [5, 5.41) is 11.5. The zero-order valence-corrected chi connectivity index (χ0v) is 39.9. The van der Waals surface area contributed by atoms with Gasteiger partial charge in [0.1, 0.15) is 39.9 Å². The Hall–Kier alpha value is -5.07. The van der Waals surface area contributed by atoms with Crippen LogP contribution in [0.2, 0.25) is 0 Å². The smallest absolute Gasteiger partial charge is 0.316 e. The summed E-state index contributed by atoms with van der Waals surface area (Å²) in [6.07, 6.45) is 9.79. The van der Waals surface area contributed by atoms with Gasteiger partial charge in [-0.05, 0) is 98.0 Å². The molecule has 0 unspecified atom stereocenters. The molecule has 9 rings (SSSR count). The van der Waals surface area contributed by atoms with Gasteiger partial charge < -0.3 is 19.3 Å². The second-order valence-electron chi connectivity index (χ2n) is 16.8. The number of piperazine rings is 2. The Morgan fingerprint density at radius 2 is 1.00 bits per heavy atom. The van der Waals surface area contributed by atoms with E-state index in [1.165, 1.54) is 32.3 Å². The van der Waals surface area contributed by atoms with Crippen LogP contribution in [0.3, 0.4) is 0 Å². The van der Waals surface area contributed by atoms with E-state index in [1.54, 1.807) is 6.07 Å². The number of thiophene rings is 1. The first-order chi connectivity index (χ1) is 32.6. The molecule has 2 aliphatic heterocycles. The highest BCUT2D eigenvalue weighted by Gasteiger charge is 2.33. The molecular formula is C44H49ClF4N8O8S3. The van der Waals surface area contributed by atoms with Crippen LogP contribution in [0.1, 0.15) is 56.9 Å². The number of ether oxygens (including phenoxy) is 2. The van der Waals surface area contributed by atoms with Crippen molar-refractivity contribution >= 4 is 54.4 Å². The Balaban J connectivity index is 0.000000185. The number of aromatic nitrogens is 4. The van der Waals surface area contributed by atoms with Crippen molar-refractivity contribution in [3.63, 3.8) is 0 Å².